The molecule has 28 heavy (non-hydrogen) atoms. The summed E-state index contributed by atoms with van der Waals surface area (Å²) in [6.07, 6.45) is 3.78. The zero-order valence-corrected chi connectivity index (χ0v) is 16.8. The number of esters is 1. The molecule has 2 saturated heterocycles. The summed E-state index contributed by atoms with van der Waals surface area (Å²) in [7, 11) is 0. The van der Waals surface area contributed by atoms with E-state index in [0.717, 1.165) is 19.3 Å². The van der Waals surface area contributed by atoms with Gasteiger partial charge in [-0.1, -0.05) is 13.3 Å². The highest BCUT2D eigenvalue weighted by Crippen LogP contribution is 2.25. The van der Waals surface area contributed by atoms with E-state index in [0.29, 0.717) is 39.0 Å². The van der Waals surface area contributed by atoms with Gasteiger partial charge in [-0.05, 0) is 39.0 Å². The predicted octanol–water partition coefficient (Wildman–Crippen LogP) is 1.06. The van der Waals surface area contributed by atoms with Crippen LogP contribution in [0.4, 0.5) is 4.79 Å². The SMILES string of the molecule is CCCCOC(=O)N1CCC[C@H]1C(=O)N1CCC[C@H]1C(=O)NCC(=O)OCC. The molecule has 9 nitrogen and oxygen atoms in total. The van der Waals surface area contributed by atoms with Gasteiger partial charge in [-0.25, -0.2) is 4.79 Å². The Labute approximate surface area is 165 Å². The number of unbranched alkanes of at least 4 members (excludes halogenated alkanes) is 1. The van der Waals surface area contributed by atoms with Crippen molar-refractivity contribution in [3.05, 3.63) is 0 Å². The fraction of sp³-hybridized carbons (Fsp3) is 0.789. The lowest BCUT2D eigenvalue weighted by molar-refractivity contribution is -0.145. The molecule has 158 valence electrons. The molecule has 0 aromatic rings. The van der Waals surface area contributed by atoms with Crippen molar-refractivity contribution in [1.29, 1.82) is 0 Å². The van der Waals surface area contributed by atoms with Gasteiger partial charge in [0, 0.05) is 13.1 Å². The maximum absolute atomic E-state index is 13.1. The van der Waals surface area contributed by atoms with E-state index in [9.17, 15) is 19.2 Å². The third-order valence-electron chi connectivity index (χ3n) is 5.05. The van der Waals surface area contributed by atoms with E-state index in [1.165, 1.54) is 9.80 Å². The normalized spacial score (nSPS) is 21.5. The molecular formula is C19H31N3O6. The summed E-state index contributed by atoms with van der Waals surface area (Å²) < 4.78 is 10.1. The van der Waals surface area contributed by atoms with Crippen molar-refractivity contribution < 1.29 is 28.7 Å². The molecule has 1 N–H and O–H groups in total. The number of likely N-dealkylation sites (tertiary alicyclic amines) is 2. The standard InChI is InChI=1S/C19H31N3O6/c1-3-5-12-28-19(26)22-11-7-9-15(22)18(25)21-10-6-8-14(21)17(24)20-13-16(23)27-4-2/h14-15H,3-13H2,1-2H3,(H,20,24)/t14-,15-/m0/s1. The van der Waals surface area contributed by atoms with Crippen LogP contribution in [0.1, 0.15) is 52.4 Å². The van der Waals surface area contributed by atoms with Crippen molar-refractivity contribution in [3.8, 4) is 0 Å². The first-order valence-electron chi connectivity index (χ1n) is 10.2. The van der Waals surface area contributed by atoms with Crippen LogP contribution in [-0.4, -0.2) is 78.6 Å². The van der Waals surface area contributed by atoms with Crippen LogP contribution in [0.5, 0.6) is 0 Å². The lowest BCUT2D eigenvalue weighted by Crippen LogP contribution is -2.53. The molecular weight excluding hydrogens is 366 g/mol. The molecule has 0 aromatic carbocycles. The fourth-order valence-electron chi connectivity index (χ4n) is 3.61. The van der Waals surface area contributed by atoms with Gasteiger partial charge in [0.15, 0.2) is 0 Å². The number of nitrogens with one attached hydrogen (secondary N) is 1. The molecule has 2 fully saturated rings. The quantitative estimate of drug-likeness (QED) is 0.485. The summed E-state index contributed by atoms with van der Waals surface area (Å²) in [6.45, 7) is 5.02. The van der Waals surface area contributed by atoms with Crippen LogP contribution in [0.25, 0.3) is 0 Å². The largest absolute Gasteiger partial charge is 0.465 e. The van der Waals surface area contributed by atoms with Crippen molar-refractivity contribution in [3.63, 3.8) is 0 Å². The van der Waals surface area contributed by atoms with E-state index >= 15 is 0 Å². The van der Waals surface area contributed by atoms with E-state index in [2.05, 4.69) is 5.32 Å². The summed E-state index contributed by atoms with van der Waals surface area (Å²) in [4.78, 5) is 52.3. The molecule has 0 unspecified atom stereocenters. The highest BCUT2D eigenvalue weighted by Gasteiger charge is 2.42. The molecule has 0 aliphatic carbocycles. The number of rotatable bonds is 8. The number of hydrogen-bond donors (Lipinski definition) is 1. The van der Waals surface area contributed by atoms with E-state index in [1.54, 1.807) is 6.92 Å². The zero-order chi connectivity index (χ0) is 20.5. The number of amides is 3. The Morgan fingerprint density at radius 3 is 2.32 bits per heavy atom. The molecule has 0 aromatic heterocycles. The molecule has 0 saturated carbocycles. The lowest BCUT2D eigenvalue weighted by atomic mass is 10.1. The first kappa shape index (κ1) is 22.0. The Morgan fingerprint density at radius 2 is 1.64 bits per heavy atom. The van der Waals surface area contributed by atoms with Gasteiger partial charge in [0.05, 0.1) is 13.2 Å². The van der Waals surface area contributed by atoms with Crippen molar-refractivity contribution in [1.82, 2.24) is 15.1 Å². The topological polar surface area (TPSA) is 105 Å². The van der Waals surface area contributed by atoms with Gasteiger partial charge in [-0.2, -0.15) is 0 Å². The van der Waals surface area contributed by atoms with Crippen molar-refractivity contribution in [2.45, 2.75) is 64.5 Å². The maximum atomic E-state index is 13.1. The Balaban J connectivity index is 1.94. The summed E-state index contributed by atoms with van der Waals surface area (Å²) in [5.74, 6) is -1.10. The lowest BCUT2D eigenvalue weighted by Gasteiger charge is -2.30. The van der Waals surface area contributed by atoms with Crippen LogP contribution in [-0.2, 0) is 23.9 Å². The first-order valence-corrected chi connectivity index (χ1v) is 10.2. The minimum absolute atomic E-state index is 0.218. The second kappa shape index (κ2) is 10.9. The molecule has 9 heteroatoms. The van der Waals surface area contributed by atoms with E-state index in [1.807, 2.05) is 6.92 Å². The van der Waals surface area contributed by atoms with Gasteiger partial charge < -0.3 is 19.7 Å². The second-order valence-electron chi connectivity index (χ2n) is 7.03. The molecule has 2 aliphatic heterocycles. The summed E-state index contributed by atoms with van der Waals surface area (Å²) >= 11 is 0. The number of ether oxygens (including phenoxy) is 2. The molecule has 0 radical (unpaired) electrons. The summed E-state index contributed by atoms with van der Waals surface area (Å²) in [5, 5.41) is 2.54. The average Bonchev–Trinajstić information content (AvgIpc) is 3.35. The molecule has 0 bridgehead atoms. The maximum Gasteiger partial charge on any atom is 0.410 e. The van der Waals surface area contributed by atoms with E-state index in [-0.39, 0.29) is 25.0 Å². The molecule has 2 rings (SSSR count). The van der Waals surface area contributed by atoms with E-state index < -0.39 is 24.1 Å². The van der Waals surface area contributed by atoms with Crippen LogP contribution in [0.15, 0.2) is 0 Å². The minimum Gasteiger partial charge on any atom is -0.465 e. The Kier molecular flexibility index (Phi) is 8.53. The molecule has 2 atom stereocenters. The predicted molar refractivity (Wildman–Crippen MR) is 100 cm³/mol. The van der Waals surface area contributed by atoms with Crippen LogP contribution in [0.2, 0.25) is 0 Å². The van der Waals surface area contributed by atoms with Gasteiger partial charge in [0.2, 0.25) is 11.8 Å². The average molecular weight is 397 g/mol. The zero-order valence-electron chi connectivity index (χ0n) is 16.8. The van der Waals surface area contributed by atoms with Gasteiger partial charge in [-0.15, -0.1) is 0 Å². The van der Waals surface area contributed by atoms with Crippen LogP contribution < -0.4 is 5.32 Å². The summed E-state index contributed by atoms with van der Waals surface area (Å²) in [6, 6.07) is -1.21. The van der Waals surface area contributed by atoms with Crippen LogP contribution in [0.3, 0.4) is 0 Å². The van der Waals surface area contributed by atoms with Gasteiger partial charge in [0.1, 0.15) is 18.6 Å². The Bertz CT molecular complexity index is 582. The highest BCUT2D eigenvalue weighted by molar-refractivity contribution is 5.93. The van der Waals surface area contributed by atoms with Gasteiger partial charge >= 0.3 is 12.1 Å². The fourth-order valence-corrected chi connectivity index (χ4v) is 3.61. The third-order valence-corrected chi connectivity index (χ3v) is 5.05. The molecule has 2 aliphatic rings. The number of hydrogen-bond acceptors (Lipinski definition) is 6. The van der Waals surface area contributed by atoms with E-state index in [4.69, 9.17) is 9.47 Å². The smallest absolute Gasteiger partial charge is 0.410 e. The van der Waals surface area contributed by atoms with Gasteiger partial charge in [0.25, 0.3) is 0 Å². The van der Waals surface area contributed by atoms with Crippen LogP contribution >= 0.6 is 0 Å². The Hall–Kier alpha value is -2.32. The highest BCUT2D eigenvalue weighted by atomic mass is 16.6. The number of carbonyl (C=O) groups excluding carboxylic acids is 4. The number of nitrogens with zero attached hydrogens (tertiary/aromatic N) is 2. The second-order valence-corrected chi connectivity index (χ2v) is 7.03. The monoisotopic (exact) mass is 397 g/mol. The van der Waals surface area contributed by atoms with Crippen molar-refractivity contribution >= 4 is 23.9 Å². The minimum atomic E-state index is -0.625. The Morgan fingerprint density at radius 1 is 0.964 bits per heavy atom. The molecule has 0 spiro atoms. The molecule has 2 heterocycles. The van der Waals surface area contributed by atoms with Crippen molar-refractivity contribution in [2.75, 3.05) is 32.8 Å². The van der Waals surface area contributed by atoms with Gasteiger partial charge in [-0.3, -0.25) is 19.3 Å². The number of carbonyl (C=O) groups is 4. The third kappa shape index (κ3) is 5.59. The molecule has 3 amide bonds. The first-order chi connectivity index (χ1) is 13.5. The summed E-state index contributed by atoms with van der Waals surface area (Å²) in [5.41, 5.74) is 0. The van der Waals surface area contributed by atoms with Crippen LogP contribution in [0, 0.1) is 0 Å². The van der Waals surface area contributed by atoms with Crippen molar-refractivity contribution in [2.24, 2.45) is 0 Å².